The van der Waals surface area contributed by atoms with Crippen molar-refractivity contribution in [2.75, 3.05) is 13.2 Å². The zero-order chi connectivity index (χ0) is 18.6. The first-order chi connectivity index (χ1) is 13.2. The molecule has 3 heterocycles. The number of hydrogen-bond donors (Lipinski definition) is 0. The summed E-state index contributed by atoms with van der Waals surface area (Å²) in [6.45, 7) is 1.44. The fourth-order valence-electron chi connectivity index (χ4n) is 3.98. The highest BCUT2D eigenvalue weighted by molar-refractivity contribution is 9.10. The van der Waals surface area contributed by atoms with Gasteiger partial charge in [0.15, 0.2) is 0 Å². The number of carbonyl (C=O) groups excluding carboxylic acids is 1. The van der Waals surface area contributed by atoms with Crippen molar-refractivity contribution in [1.29, 1.82) is 0 Å². The van der Waals surface area contributed by atoms with Crippen molar-refractivity contribution >= 4 is 21.9 Å². The zero-order valence-electron chi connectivity index (χ0n) is 15.2. The molecule has 1 aromatic rings. The average molecular weight is 437 g/mol. The van der Waals surface area contributed by atoms with Gasteiger partial charge in [0.2, 0.25) is 0 Å². The zero-order valence-corrected chi connectivity index (χ0v) is 16.8. The minimum Gasteiger partial charge on any atom is -0.452 e. The van der Waals surface area contributed by atoms with E-state index in [4.69, 9.17) is 18.9 Å². The normalized spacial score (nSPS) is 34.9. The van der Waals surface area contributed by atoms with Crippen LogP contribution >= 0.6 is 15.9 Å². The highest BCUT2D eigenvalue weighted by Crippen LogP contribution is 2.30. The van der Waals surface area contributed by atoms with Gasteiger partial charge in [0.25, 0.3) is 0 Å². The highest BCUT2D eigenvalue weighted by atomic mass is 79.9. The van der Waals surface area contributed by atoms with Crippen LogP contribution < -0.4 is 0 Å². The minimum absolute atomic E-state index is 0.0681. The smallest absolute Gasteiger partial charge is 0.338 e. The summed E-state index contributed by atoms with van der Waals surface area (Å²) in [6.07, 6.45) is 7.96. The Bertz CT molecular complexity index is 674. The van der Waals surface area contributed by atoms with Gasteiger partial charge in [-0.25, -0.2) is 4.79 Å². The number of esters is 1. The molecule has 0 amide bonds. The quantitative estimate of drug-likeness (QED) is 0.516. The van der Waals surface area contributed by atoms with Crippen LogP contribution in [0.4, 0.5) is 0 Å². The van der Waals surface area contributed by atoms with Crippen LogP contribution in [0, 0.1) is 0 Å². The Kier molecular flexibility index (Phi) is 6.28. The second-order valence-corrected chi connectivity index (χ2v) is 8.20. The molecule has 0 unspecified atom stereocenters. The van der Waals surface area contributed by atoms with Crippen molar-refractivity contribution in [3.8, 4) is 0 Å². The van der Waals surface area contributed by atoms with Gasteiger partial charge in [-0.2, -0.15) is 0 Å². The van der Waals surface area contributed by atoms with E-state index in [0.29, 0.717) is 12.2 Å². The van der Waals surface area contributed by atoms with Crippen molar-refractivity contribution in [2.24, 2.45) is 0 Å². The first kappa shape index (κ1) is 19.1. The molecule has 2 saturated heterocycles. The second kappa shape index (κ2) is 8.86. The molecule has 5 atom stereocenters. The summed E-state index contributed by atoms with van der Waals surface area (Å²) in [7, 11) is 0. The van der Waals surface area contributed by atoms with Crippen LogP contribution in [0.5, 0.6) is 0 Å². The van der Waals surface area contributed by atoms with E-state index in [2.05, 4.69) is 15.9 Å². The fourth-order valence-corrected chi connectivity index (χ4v) is 4.24. The molecule has 0 spiro atoms. The van der Waals surface area contributed by atoms with E-state index in [1.807, 2.05) is 24.3 Å². The molecule has 0 aliphatic carbocycles. The predicted molar refractivity (Wildman–Crippen MR) is 104 cm³/mol. The Morgan fingerprint density at radius 2 is 1.74 bits per heavy atom. The number of fused-ring (bicyclic) bond motifs is 2. The summed E-state index contributed by atoms with van der Waals surface area (Å²) in [5, 5.41) is 0. The lowest BCUT2D eigenvalue weighted by Gasteiger charge is -2.39. The number of halogens is 1. The molecular formula is C21H25BrO5. The van der Waals surface area contributed by atoms with Crippen LogP contribution in [-0.4, -0.2) is 49.7 Å². The lowest BCUT2D eigenvalue weighted by atomic mass is 9.99. The van der Waals surface area contributed by atoms with Gasteiger partial charge >= 0.3 is 5.97 Å². The van der Waals surface area contributed by atoms with Gasteiger partial charge in [0.05, 0.1) is 23.9 Å². The van der Waals surface area contributed by atoms with Crippen molar-refractivity contribution in [3.63, 3.8) is 0 Å². The van der Waals surface area contributed by atoms with Crippen LogP contribution in [0.15, 0.2) is 40.9 Å². The Balaban J connectivity index is 1.53. The largest absolute Gasteiger partial charge is 0.452 e. The topological polar surface area (TPSA) is 54.0 Å². The maximum absolute atomic E-state index is 12.6. The van der Waals surface area contributed by atoms with Gasteiger partial charge in [0.1, 0.15) is 12.2 Å². The third-order valence-corrected chi connectivity index (χ3v) is 5.91. The summed E-state index contributed by atoms with van der Waals surface area (Å²) < 4.78 is 25.1. The highest BCUT2D eigenvalue weighted by Gasteiger charge is 2.39. The van der Waals surface area contributed by atoms with Gasteiger partial charge in [-0.3, -0.25) is 0 Å². The molecule has 4 rings (SSSR count). The van der Waals surface area contributed by atoms with E-state index >= 15 is 0 Å². The van der Waals surface area contributed by atoms with Gasteiger partial charge in [-0.1, -0.05) is 22.0 Å². The number of benzene rings is 1. The third-order valence-electron chi connectivity index (χ3n) is 5.38. The van der Waals surface area contributed by atoms with Crippen molar-refractivity contribution in [2.45, 2.75) is 62.6 Å². The fraction of sp³-hybridized carbons (Fsp3) is 0.571. The van der Waals surface area contributed by atoms with Gasteiger partial charge in [-0.15, -0.1) is 0 Å². The number of ether oxygens (including phenoxy) is 4. The average Bonchev–Trinajstić information content (AvgIpc) is 2.76. The predicted octanol–water partition coefficient (Wildman–Crippen LogP) is 4.05. The number of rotatable bonds is 2. The molecule has 0 bridgehead atoms. The minimum atomic E-state index is -0.466. The molecule has 0 saturated carbocycles. The molecule has 0 aromatic heterocycles. The molecular weight excluding hydrogens is 412 g/mol. The van der Waals surface area contributed by atoms with E-state index in [9.17, 15) is 4.79 Å². The Labute approximate surface area is 168 Å². The number of hydrogen-bond acceptors (Lipinski definition) is 5. The first-order valence-electron chi connectivity index (χ1n) is 9.72. The molecule has 2 fully saturated rings. The first-order valence-corrected chi connectivity index (χ1v) is 10.5. The third kappa shape index (κ3) is 4.62. The van der Waals surface area contributed by atoms with Gasteiger partial charge in [0, 0.05) is 17.7 Å². The van der Waals surface area contributed by atoms with E-state index in [1.54, 1.807) is 12.1 Å². The summed E-state index contributed by atoms with van der Waals surface area (Å²) in [4.78, 5) is 12.6. The van der Waals surface area contributed by atoms with Crippen LogP contribution in [0.25, 0.3) is 0 Å². The SMILES string of the molecule is O=C(O[C@@H]1/C=C\C[C@H]2OCCC[C@@H]2O[C@H]2CCCO[C@@H]21)c1ccc(Br)cc1. The monoisotopic (exact) mass is 436 g/mol. The maximum atomic E-state index is 12.6. The summed E-state index contributed by atoms with van der Waals surface area (Å²) in [5.41, 5.74) is 0.525. The van der Waals surface area contributed by atoms with E-state index in [-0.39, 0.29) is 30.4 Å². The van der Waals surface area contributed by atoms with E-state index in [1.165, 1.54) is 0 Å². The molecule has 3 aliphatic heterocycles. The number of carbonyl (C=O) groups is 1. The maximum Gasteiger partial charge on any atom is 0.338 e. The molecule has 6 heteroatoms. The molecule has 0 N–H and O–H groups in total. The van der Waals surface area contributed by atoms with Crippen molar-refractivity contribution < 1.29 is 23.7 Å². The van der Waals surface area contributed by atoms with E-state index < -0.39 is 6.10 Å². The van der Waals surface area contributed by atoms with Crippen LogP contribution in [0.1, 0.15) is 42.5 Å². The molecule has 1 aromatic carbocycles. The van der Waals surface area contributed by atoms with Gasteiger partial charge in [-0.05, 0) is 62.4 Å². The van der Waals surface area contributed by atoms with Gasteiger partial charge < -0.3 is 18.9 Å². The molecule has 5 nitrogen and oxygen atoms in total. The van der Waals surface area contributed by atoms with E-state index in [0.717, 1.165) is 43.2 Å². The summed E-state index contributed by atoms with van der Waals surface area (Å²) in [6, 6.07) is 7.17. The van der Waals surface area contributed by atoms with Crippen LogP contribution in [0.3, 0.4) is 0 Å². The molecule has 146 valence electrons. The Hall–Kier alpha value is -1.21. The summed E-state index contributed by atoms with van der Waals surface area (Å²) in [5.74, 6) is -0.349. The van der Waals surface area contributed by atoms with Crippen LogP contribution in [0.2, 0.25) is 0 Å². The standard InChI is InChI=1S/C21H25BrO5/c22-15-10-8-14(9-11-15)21(23)27-19-5-1-4-16-17(6-2-12-24-16)26-18-7-3-13-25-20(18)19/h1,5,8-11,16-20H,2-4,6-7,12-13H2/b5-1-/t16-,17+,18+,19-,20+/m1/s1. The lowest BCUT2D eigenvalue weighted by Crippen LogP contribution is -2.48. The van der Waals surface area contributed by atoms with Crippen molar-refractivity contribution in [1.82, 2.24) is 0 Å². The summed E-state index contributed by atoms with van der Waals surface area (Å²) >= 11 is 3.38. The molecule has 27 heavy (non-hydrogen) atoms. The second-order valence-electron chi connectivity index (χ2n) is 7.28. The molecule has 3 aliphatic rings. The lowest BCUT2D eigenvalue weighted by molar-refractivity contribution is -0.189. The Morgan fingerprint density at radius 3 is 2.56 bits per heavy atom. The van der Waals surface area contributed by atoms with Crippen molar-refractivity contribution in [3.05, 3.63) is 46.5 Å². The van der Waals surface area contributed by atoms with Crippen LogP contribution in [-0.2, 0) is 18.9 Å². The Morgan fingerprint density at radius 1 is 1.00 bits per heavy atom. The molecule has 0 radical (unpaired) electrons.